The van der Waals surface area contributed by atoms with Gasteiger partial charge in [-0.2, -0.15) is 0 Å². The molecule has 9 nitrogen and oxygen atoms in total. The largest absolute Gasteiger partial charge is 0.378 e. The number of aryl methyl sites for hydroxylation is 2. The van der Waals surface area contributed by atoms with Crippen LogP contribution in [0.15, 0.2) is 73.2 Å². The summed E-state index contributed by atoms with van der Waals surface area (Å²) in [6, 6.07) is 20.2. The quantitative estimate of drug-likeness (QED) is 0.340. The fourth-order valence-corrected chi connectivity index (χ4v) is 4.53. The number of nitrogens with zero attached hydrogens (tertiary/aromatic N) is 6. The summed E-state index contributed by atoms with van der Waals surface area (Å²) in [5.41, 5.74) is 6.46. The van der Waals surface area contributed by atoms with Gasteiger partial charge in [0.15, 0.2) is 11.6 Å². The first kappa shape index (κ1) is 22.9. The van der Waals surface area contributed by atoms with E-state index in [9.17, 15) is 0 Å². The van der Waals surface area contributed by atoms with Crippen LogP contribution < -0.4 is 15.5 Å². The van der Waals surface area contributed by atoms with Gasteiger partial charge in [-0.15, -0.1) is 0 Å². The molecule has 3 aromatic heterocycles. The van der Waals surface area contributed by atoms with Crippen LogP contribution in [0.2, 0.25) is 0 Å². The highest BCUT2D eigenvalue weighted by atomic mass is 16.5. The number of pyridine rings is 1. The fourth-order valence-electron chi connectivity index (χ4n) is 4.53. The number of rotatable bonds is 6. The number of imidazole rings is 1. The summed E-state index contributed by atoms with van der Waals surface area (Å²) in [6.07, 6.45) is 3.56. The lowest BCUT2D eigenvalue weighted by molar-refractivity contribution is 0.122. The van der Waals surface area contributed by atoms with E-state index in [0.29, 0.717) is 17.5 Å². The summed E-state index contributed by atoms with van der Waals surface area (Å²) in [6.45, 7) is 5.30. The molecule has 2 N–H and O–H groups in total. The Labute approximate surface area is 215 Å². The van der Waals surface area contributed by atoms with E-state index in [2.05, 4.69) is 55.8 Å². The lowest BCUT2D eigenvalue weighted by Crippen LogP contribution is -2.36. The molecule has 0 unspecified atom stereocenters. The highest BCUT2D eigenvalue weighted by Crippen LogP contribution is 2.34. The van der Waals surface area contributed by atoms with Gasteiger partial charge in [0.25, 0.3) is 0 Å². The van der Waals surface area contributed by atoms with Gasteiger partial charge in [0.05, 0.1) is 36.3 Å². The molecule has 4 heterocycles. The molecule has 0 atom stereocenters. The van der Waals surface area contributed by atoms with Gasteiger partial charge < -0.3 is 24.8 Å². The average molecular weight is 493 g/mol. The van der Waals surface area contributed by atoms with E-state index in [0.717, 1.165) is 60.0 Å². The second kappa shape index (κ2) is 9.87. The van der Waals surface area contributed by atoms with Crippen molar-refractivity contribution < 1.29 is 4.74 Å². The topological polar surface area (TPSA) is 93.0 Å². The maximum atomic E-state index is 5.47. The van der Waals surface area contributed by atoms with Crippen molar-refractivity contribution in [3.63, 3.8) is 0 Å². The highest BCUT2D eigenvalue weighted by molar-refractivity contribution is 5.94. The first-order valence-electron chi connectivity index (χ1n) is 12.3. The number of benzene rings is 2. The molecular weight excluding hydrogens is 464 g/mol. The Morgan fingerprint density at radius 1 is 0.838 bits per heavy atom. The molecule has 1 aliphatic rings. The third-order valence-corrected chi connectivity index (χ3v) is 6.50. The molecule has 186 valence electrons. The maximum absolute atomic E-state index is 5.47. The smallest absolute Gasteiger partial charge is 0.160 e. The lowest BCUT2D eigenvalue weighted by Gasteiger charge is -2.29. The maximum Gasteiger partial charge on any atom is 0.160 e. The van der Waals surface area contributed by atoms with Crippen LogP contribution in [0.1, 0.15) is 5.69 Å². The average Bonchev–Trinajstić information content (AvgIpc) is 3.33. The van der Waals surface area contributed by atoms with Crippen LogP contribution in [0.25, 0.3) is 22.3 Å². The molecule has 2 aromatic carbocycles. The van der Waals surface area contributed by atoms with E-state index >= 15 is 0 Å². The van der Waals surface area contributed by atoms with Gasteiger partial charge in [-0.3, -0.25) is 0 Å². The summed E-state index contributed by atoms with van der Waals surface area (Å²) in [5.74, 6) is 1.97. The van der Waals surface area contributed by atoms with Crippen LogP contribution in [0.4, 0.5) is 28.8 Å². The van der Waals surface area contributed by atoms with Crippen LogP contribution in [0, 0.1) is 6.92 Å². The van der Waals surface area contributed by atoms with Crippen LogP contribution >= 0.6 is 0 Å². The Hall–Kier alpha value is -4.50. The number of nitrogens with one attached hydrogen (secondary N) is 2. The normalized spacial score (nSPS) is 13.6. The third-order valence-electron chi connectivity index (χ3n) is 6.50. The van der Waals surface area contributed by atoms with Gasteiger partial charge in [-0.05, 0) is 49.4 Å². The molecule has 1 aliphatic heterocycles. The number of ether oxygens (including phenoxy) is 1. The summed E-state index contributed by atoms with van der Waals surface area (Å²) in [5, 5.41) is 6.82. The molecule has 0 spiro atoms. The van der Waals surface area contributed by atoms with Crippen LogP contribution in [0.5, 0.6) is 0 Å². The second-order valence-electron chi connectivity index (χ2n) is 8.99. The zero-order valence-corrected chi connectivity index (χ0v) is 20.8. The summed E-state index contributed by atoms with van der Waals surface area (Å²) in [4.78, 5) is 21.4. The van der Waals surface area contributed by atoms with Gasteiger partial charge in [-0.25, -0.2) is 19.9 Å². The highest BCUT2D eigenvalue weighted by Gasteiger charge is 2.18. The molecule has 37 heavy (non-hydrogen) atoms. The molecule has 0 aliphatic carbocycles. The van der Waals surface area contributed by atoms with Crippen LogP contribution in [-0.2, 0) is 11.8 Å². The van der Waals surface area contributed by atoms with E-state index < -0.39 is 0 Å². The monoisotopic (exact) mass is 492 g/mol. The van der Waals surface area contributed by atoms with E-state index in [1.54, 1.807) is 6.20 Å². The summed E-state index contributed by atoms with van der Waals surface area (Å²) < 4.78 is 7.47. The van der Waals surface area contributed by atoms with Gasteiger partial charge in [0.1, 0.15) is 11.5 Å². The molecule has 1 fully saturated rings. The number of anilines is 5. The molecule has 5 aromatic rings. The Morgan fingerprint density at radius 2 is 1.68 bits per heavy atom. The number of morpholine rings is 1. The SMILES string of the molecule is Cc1nc(-c2cccc3c2ncn3C)c(Nc2ccccn2)nc1Nc1ccc(N2CCOCC2)cc1. The Kier molecular flexibility index (Phi) is 6.11. The van der Waals surface area contributed by atoms with E-state index in [1.807, 2.05) is 55.2 Å². The molecule has 9 heteroatoms. The molecule has 0 radical (unpaired) electrons. The van der Waals surface area contributed by atoms with E-state index in [4.69, 9.17) is 14.7 Å². The molecule has 1 saturated heterocycles. The van der Waals surface area contributed by atoms with Gasteiger partial charge in [0.2, 0.25) is 0 Å². The minimum atomic E-state index is 0.606. The first-order chi connectivity index (χ1) is 18.2. The molecular formula is C28H28N8O. The van der Waals surface area contributed by atoms with Crippen molar-refractivity contribution in [2.75, 3.05) is 41.8 Å². The number of aromatic nitrogens is 5. The third kappa shape index (κ3) is 4.68. The zero-order valence-electron chi connectivity index (χ0n) is 20.8. The molecule has 0 saturated carbocycles. The molecule has 0 bridgehead atoms. The van der Waals surface area contributed by atoms with E-state index in [-0.39, 0.29) is 0 Å². The van der Waals surface area contributed by atoms with Crippen molar-refractivity contribution in [1.82, 2.24) is 24.5 Å². The predicted octanol–water partition coefficient (Wildman–Crippen LogP) is 5.06. The number of para-hydroxylation sites is 1. The van der Waals surface area contributed by atoms with Gasteiger partial charge in [0, 0.05) is 43.3 Å². The van der Waals surface area contributed by atoms with Crippen molar-refractivity contribution in [3.8, 4) is 11.3 Å². The number of hydrogen-bond acceptors (Lipinski definition) is 8. The lowest BCUT2D eigenvalue weighted by atomic mass is 10.1. The van der Waals surface area contributed by atoms with Crippen molar-refractivity contribution >= 4 is 39.9 Å². The Balaban J connectivity index is 1.37. The van der Waals surface area contributed by atoms with Gasteiger partial charge in [-0.1, -0.05) is 18.2 Å². The predicted molar refractivity (Wildman–Crippen MR) is 147 cm³/mol. The zero-order chi connectivity index (χ0) is 25.2. The summed E-state index contributed by atoms with van der Waals surface area (Å²) >= 11 is 0. The fraction of sp³-hybridized carbons (Fsp3) is 0.214. The minimum absolute atomic E-state index is 0.606. The number of fused-ring (bicyclic) bond motifs is 1. The van der Waals surface area contributed by atoms with Crippen LogP contribution in [0.3, 0.4) is 0 Å². The minimum Gasteiger partial charge on any atom is -0.378 e. The molecule has 6 rings (SSSR count). The number of hydrogen-bond donors (Lipinski definition) is 2. The first-order valence-corrected chi connectivity index (χ1v) is 12.3. The summed E-state index contributed by atoms with van der Waals surface area (Å²) in [7, 11) is 1.99. The standard InChI is InChI=1S/C28H28N8O/c1-19-27(32-20-9-11-21(12-10-20)36-14-16-37-17-15-36)34-28(33-24-8-3-4-13-29-24)26(31-19)22-6-5-7-23-25(22)30-18-35(23)2/h3-13,18H,14-17H2,1-2H3,(H2,29,32,33,34). The van der Waals surface area contributed by atoms with Crippen molar-refractivity contribution in [2.45, 2.75) is 6.92 Å². The van der Waals surface area contributed by atoms with Crippen LogP contribution in [-0.4, -0.2) is 50.8 Å². The molecule has 0 amide bonds. The van der Waals surface area contributed by atoms with Crippen molar-refractivity contribution in [1.29, 1.82) is 0 Å². The van der Waals surface area contributed by atoms with Crippen molar-refractivity contribution in [3.05, 3.63) is 78.9 Å². The Bertz CT molecular complexity index is 1530. The van der Waals surface area contributed by atoms with E-state index in [1.165, 1.54) is 5.69 Å². The van der Waals surface area contributed by atoms with Gasteiger partial charge >= 0.3 is 0 Å². The van der Waals surface area contributed by atoms with Crippen molar-refractivity contribution in [2.24, 2.45) is 7.05 Å². The second-order valence-corrected chi connectivity index (χ2v) is 8.99. The Morgan fingerprint density at radius 3 is 2.46 bits per heavy atom.